The molecule has 0 aliphatic carbocycles. The first-order valence-electron chi connectivity index (χ1n) is 5.05. The quantitative estimate of drug-likeness (QED) is 0.894. The van der Waals surface area contributed by atoms with Crippen LogP contribution >= 0.6 is 27.3 Å². The number of aromatic carboxylic acids is 1. The molecule has 2 rings (SSSR count). The molecule has 1 amide bonds. The fourth-order valence-corrected chi connectivity index (χ4v) is 2.61. The molecule has 0 atom stereocenters. The Bertz CT molecular complexity index is 636. The maximum atomic E-state index is 13.2. The minimum atomic E-state index is -1.12. The molecular weight excluding hydrogens is 337 g/mol. The van der Waals surface area contributed by atoms with Crippen molar-refractivity contribution in [2.45, 2.75) is 0 Å². The number of hydrogen-bond donors (Lipinski definition) is 2. The summed E-state index contributed by atoms with van der Waals surface area (Å²) in [5, 5.41) is 12.9. The van der Waals surface area contributed by atoms with Gasteiger partial charge in [0.25, 0.3) is 5.91 Å². The molecule has 1 heterocycles. The van der Waals surface area contributed by atoms with E-state index in [1.54, 1.807) is 5.38 Å². The molecular formula is C12H7BrFNO3S. The lowest BCUT2D eigenvalue weighted by Gasteiger charge is -2.05. The number of benzene rings is 1. The summed E-state index contributed by atoms with van der Waals surface area (Å²) in [6.45, 7) is 0. The number of thiophene rings is 1. The summed E-state index contributed by atoms with van der Waals surface area (Å²) in [6.07, 6.45) is 0. The summed E-state index contributed by atoms with van der Waals surface area (Å²) in [6, 6.07) is 5.24. The fraction of sp³-hybridized carbons (Fsp3) is 0. The zero-order chi connectivity index (χ0) is 14.0. The Morgan fingerprint density at radius 1 is 1.32 bits per heavy atom. The average molecular weight is 344 g/mol. The van der Waals surface area contributed by atoms with Crippen LogP contribution in [0.2, 0.25) is 0 Å². The van der Waals surface area contributed by atoms with Gasteiger partial charge in [0, 0.05) is 10.0 Å². The second-order valence-corrected chi connectivity index (χ2v) is 5.41. The maximum absolute atomic E-state index is 13.2. The van der Waals surface area contributed by atoms with Crippen LogP contribution in [0, 0.1) is 5.82 Å². The summed E-state index contributed by atoms with van der Waals surface area (Å²) in [5.41, 5.74) is 0.303. The van der Waals surface area contributed by atoms with Crippen molar-refractivity contribution in [3.05, 3.63) is 50.4 Å². The molecule has 0 saturated heterocycles. The van der Waals surface area contributed by atoms with Crippen LogP contribution in [-0.2, 0) is 0 Å². The van der Waals surface area contributed by atoms with E-state index in [1.165, 1.54) is 18.2 Å². The number of carboxylic acid groups (broad SMARTS) is 1. The lowest BCUT2D eigenvalue weighted by atomic mass is 10.2. The van der Waals surface area contributed by atoms with Crippen LogP contribution in [-0.4, -0.2) is 17.0 Å². The van der Waals surface area contributed by atoms with Gasteiger partial charge in [-0.15, -0.1) is 11.3 Å². The maximum Gasteiger partial charge on any atom is 0.348 e. The highest BCUT2D eigenvalue weighted by Gasteiger charge is 2.15. The van der Waals surface area contributed by atoms with E-state index in [1.807, 2.05) is 0 Å². The Morgan fingerprint density at radius 3 is 2.68 bits per heavy atom. The van der Waals surface area contributed by atoms with Gasteiger partial charge in [-0.3, -0.25) is 4.79 Å². The Hall–Kier alpha value is -1.73. The van der Waals surface area contributed by atoms with E-state index in [-0.39, 0.29) is 16.1 Å². The van der Waals surface area contributed by atoms with Crippen molar-refractivity contribution >= 4 is 44.8 Å². The second-order valence-electron chi connectivity index (χ2n) is 3.58. The largest absolute Gasteiger partial charge is 0.477 e. The minimum Gasteiger partial charge on any atom is -0.477 e. The zero-order valence-corrected chi connectivity index (χ0v) is 11.7. The third-order valence-electron chi connectivity index (χ3n) is 2.23. The van der Waals surface area contributed by atoms with Crippen LogP contribution in [0.3, 0.4) is 0 Å². The molecule has 0 radical (unpaired) electrons. The Balaban J connectivity index is 2.25. The van der Waals surface area contributed by atoms with E-state index in [2.05, 4.69) is 21.2 Å². The highest BCUT2D eigenvalue weighted by molar-refractivity contribution is 9.10. The number of halogens is 2. The summed E-state index contributed by atoms with van der Waals surface area (Å²) >= 11 is 4.09. The van der Waals surface area contributed by atoms with Crippen molar-refractivity contribution in [1.29, 1.82) is 0 Å². The number of carboxylic acids is 1. The average Bonchev–Trinajstić information content (AvgIpc) is 2.75. The van der Waals surface area contributed by atoms with Crippen LogP contribution in [0.4, 0.5) is 10.1 Å². The fourth-order valence-electron chi connectivity index (χ4n) is 1.45. The smallest absolute Gasteiger partial charge is 0.348 e. The number of anilines is 1. The van der Waals surface area contributed by atoms with E-state index in [9.17, 15) is 14.0 Å². The van der Waals surface area contributed by atoms with Crippen LogP contribution < -0.4 is 5.32 Å². The number of rotatable bonds is 3. The molecule has 1 aromatic heterocycles. The molecule has 7 heteroatoms. The van der Waals surface area contributed by atoms with Crippen molar-refractivity contribution < 1.29 is 19.1 Å². The molecule has 0 spiro atoms. The third kappa shape index (κ3) is 3.18. The van der Waals surface area contributed by atoms with Gasteiger partial charge in [-0.25, -0.2) is 9.18 Å². The molecule has 2 aromatic rings. The van der Waals surface area contributed by atoms with Crippen LogP contribution in [0.1, 0.15) is 20.0 Å². The van der Waals surface area contributed by atoms with E-state index >= 15 is 0 Å². The zero-order valence-electron chi connectivity index (χ0n) is 9.31. The first-order valence-corrected chi connectivity index (χ1v) is 6.73. The number of carbonyl (C=O) groups is 2. The number of carbonyl (C=O) groups excluding carboxylic acids is 1. The molecule has 2 N–H and O–H groups in total. The van der Waals surface area contributed by atoms with Gasteiger partial charge in [0.05, 0.1) is 5.69 Å². The first-order chi connectivity index (χ1) is 8.97. The number of hydrogen-bond acceptors (Lipinski definition) is 3. The number of amides is 1. The van der Waals surface area contributed by atoms with E-state index < -0.39 is 17.7 Å². The standard InChI is InChI=1S/C12H7BrFNO3S/c13-7-3-6(4-8(14)5-7)11(16)15-9-1-2-19-10(9)12(17)18/h1-5H,(H,15,16)(H,17,18). The SMILES string of the molecule is O=C(Nc1ccsc1C(=O)O)c1cc(F)cc(Br)c1. The normalized spacial score (nSPS) is 10.2. The van der Waals surface area contributed by atoms with Gasteiger partial charge in [-0.05, 0) is 29.6 Å². The lowest BCUT2D eigenvalue weighted by molar-refractivity contribution is 0.0703. The van der Waals surface area contributed by atoms with Gasteiger partial charge in [-0.2, -0.15) is 0 Å². The molecule has 1 aromatic carbocycles. The van der Waals surface area contributed by atoms with Crippen molar-refractivity contribution in [2.75, 3.05) is 5.32 Å². The summed E-state index contributed by atoms with van der Waals surface area (Å²) in [7, 11) is 0. The predicted molar refractivity (Wildman–Crippen MR) is 73.3 cm³/mol. The molecule has 0 fully saturated rings. The third-order valence-corrected chi connectivity index (χ3v) is 3.59. The van der Waals surface area contributed by atoms with E-state index in [0.29, 0.717) is 4.47 Å². The summed E-state index contributed by atoms with van der Waals surface area (Å²) in [5.74, 6) is -2.24. The van der Waals surface area contributed by atoms with E-state index in [4.69, 9.17) is 5.11 Å². The molecule has 98 valence electrons. The monoisotopic (exact) mass is 343 g/mol. The van der Waals surface area contributed by atoms with Crippen LogP contribution in [0.25, 0.3) is 0 Å². The van der Waals surface area contributed by atoms with Gasteiger partial charge >= 0.3 is 5.97 Å². The highest BCUT2D eigenvalue weighted by Crippen LogP contribution is 2.23. The van der Waals surface area contributed by atoms with Gasteiger partial charge in [0.2, 0.25) is 0 Å². The van der Waals surface area contributed by atoms with Gasteiger partial charge in [-0.1, -0.05) is 15.9 Å². The van der Waals surface area contributed by atoms with Gasteiger partial charge < -0.3 is 10.4 Å². The topological polar surface area (TPSA) is 66.4 Å². The molecule has 0 unspecified atom stereocenters. The van der Waals surface area contributed by atoms with Crippen LogP contribution in [0.15, 0.2) is 34.1 Å². The Labute approximate surface area is 120 Å². The van der Waals surface area contributed by atoms with Crippen LogP contribution in [0.5, 0.6) is 0 Å². The second kappa shape index (κ2) is 5.50. The first kappa shape index (κ1) is 13.7. The van der Waals surface area contributed by atoms with Gasteiger partial charge in [0.1, 0.15) is 10.7 Å². The molecule has 0 aliphatic heterocycles. The molecule has 19 heavy (non-hydrogen) atoms. The minimum absolute atomic E-state index is 0.0313. The molecule has 4 nitrogen and oxygen atoms in total. The highest BCUT2D eigenvalue weighted by atomic mass is 79.9. The molecule has 0 aliphatic rings. The Kier molecular flexibility index (Phi) is 3.96. The summed E-state index contributed by atoms with van der Waals surface area (Å²) in [4.78, 5) is 22.8. The van der Waals surface area contributed by atoms with Crippen molar-refractivity contribution in [3.63, 3.8) is 0 Å². The predicted octanol–water partition coefficient (Wildman–Crippen LogP) is 3.60. The number of nitrogens with one attached hydrogen (secondary N) is 1. The summed E-state index contributed by atoms with van der Waals surface area (Å²) < 4.78 is 13.6. The Morgan fingerprint density at radius 2 is 2.05 bits per heavy atom. The lowest BCUT2D eigenvalue weighted by Crippen LogP contribution is -2.13. The van der Waals surface area contributed by atoms with Crippen molar-refractivity contribution in [2.24, 2.45) is 0 Å². The molecule has 0 bridgehead atoms. The van der Waals surface area contributed by atoms with Crippen molar-refractivity contribution in [1.82, 2.24) is 0 Å². The molecule has 0 saturated carbocycles. The van der Waals surface area contributed by atoms with Crippen molar-refractivity contribution in [3.8, 4) is 0 Å². The van der Waals surface area contributed by atoms with E-state index in [0.717, 1.165) is 17.4 Å². The van der Waals surface area contributed by atoms with Gasteiger partial charge in [0.15, 0.2) is 0 Å².